The molecule has 2 unspecified atom stereocenters. The van der Waals surface area contributed by atoms with Gasteiger partial charge in [-0.3, -0.25) is 28.8 Å². The molecular weight excluding hydrogens is 494 g/mol. The number of amides is 1. The van der Waals surface area contributed by atoms with E-state index in [9.17, 15) is 34.2 Å². The molecule has 0 heterocycles. The van der Waals surface area contributed by atoms with Crippen molar-refractivity contribution in [3.63, 3.8) is 0 Å². The van der Waals surface area contributed by atoms with Crippen LogP contribution in [0.2, 0.25) is 0 Å². The van der Waals surface area contributed by atoms with Gasteiger partial charge >= 0.3 is 0 Å². The third-order valence-electron chi connectivity index (χ3n) is 7.76. The molecule has 0 aromatic heterocycles. The van der Waals surface area contributed by atoms with Crippen molar-refractivity contribution in [1.82, 2.24) is 5.06 Å². The molecule has 206 valence electrons. The zero-order valence-electron chi connectivity index (χ0n) is 22.5. The van der Waals surface area contributed by atoms with E-state index < -0.39 is 63.9 Å². The lowest BCUT2D eigenvalue weighted by atomic mass is 9.53. The number of phenolic OH excluding ortho intramolecular Hbond substituents is 1. The topological polar surface area (TPSA) is 168 Å². The van der Waals surface area contributed by atoms with Crippen LogP contribution in [0.4, 0.5) is 5.69 Å². The summed E-state index contributed by atoms with van der Waals surface area (Å²) in [6, 6.07) is 1.77. The van der Waals surface area contributed by atoms with E-state index in [-0.39, 0.29) is 37.1 Å². The van der Waals surface area contributed by atoms with Gasteiger partial charge in [0.2, 0.25) is 5.91 Å². The van der Waals surface area contributed by atoms with Crippen molar-refractivity contribution in [2.24, 2.45) is 29.4 Å². The van der Waals surface area contributed by atoms with Gasteiger partial charge in [0.05, 0.1) is 23.6 Å². The molecule has 0 saturated heterocycles. The second kappa shape index (κ2) is 9.25. The van der Waals surface area contributed by atoms with E-state index in [0.717, 1.165) is 0 Å². The van der Waals surface area contributed by atoms with Crippen LogP contribution in [0.25, 0.3) is 0 Å². The number of hydrogen-bond acceptors (Lipinski definition) is 10. The van der Waals surface area contributed by atoms with Crippen LogP contribution in [0.1, 0.15) is 55.1 Å². The number of rotatable bonds is 5. The first-order valence-corrected chi connectivity index (χ1v) is 12.6. The normalized spacial score (nSPS) is 29.2. The van der Waals surface area contributed by atoms with Crippen LogP contribution in [0.5, 0.6) is 5.75 Å². The van der Waals surface area contributed by atoms with E-state index in [1.165, 1.54) is 5.06 Å². The number of ketones is 4. The van der Waals surface area contributed by atoms with Crippen LogP contribution in [-0.4, -0.2) is 76.7 Å². The molecule has 3 aliphatic rings. The average Bonchev–Trinajstić information content (AvgIpc) is 2.76. The Kier molecular flexibility index (Phi) is 6.78. The zero-order valence-corrected chi connectivity index (χ0v) is 22.5. The van der Waals surface area contributed by atoms with Crippen molar-refractivity contribution in [2.45, 2.75) is 57.8 Å². The number of hydroxylamine groups is 2. The molecular formula is C27H35N3O8. The fourth-order valence-electron chi connectivity index (χ4n) is 6.33. The van der Waals surface area contributed by atoms with Crippen LogP contribution >= 0.6 is 0 Å². The lowest BCUT2D eigenvalue weighted by Gasteiger charge is -2.48. The highest BCUT2D eigenvalue weighted by Crippen LogP contribution is 2.51. The van der Waals surface area contributed by atoms with Crippen molar-refractivity contribution in [2.75, 3.05) is 26.0 Å². The van der Waals surface area contributed by atoms with Crippen LogP contribution < -0.4 is 10.6 Å². The number of phenols is 1. The number of aromatic hydroxyl groups is 1. The Morgan fingerprint density at radius 3 is 2.32 bits per heavy atom. The molecule has 11 heteroatoms. The van der Waals surface area contributed by atoms with Crippen molar-refractivity contribution >= 4 is 34.7 Å². The fraction of sp³-hybridized carbons (Fsp3) is 0.593. The van der Waals surface area contributed by atoms with Gasteiger partial charge in [0.15, 0.2) is 34.7 Å². The maximum atomic E-state index is 13.9. The number of fused-ring (bicyclic) bond motifs is 3. The lowest BCUT2D eigenvalue weighted by Crippen LogP contribution is -2.68. The molecule has 11 nitrogen and oxygen atoms in total. The summed E-state index contributed by atoms with van der Waals surface area (Å²) in [7, 11) is 5.30. The van der Waals surface area contributed by atoms with Gasteiger partial charge in [0.1, 0.15) is 5.75 Å². The lowest BCUT2D eigenvalue weighted by molar-refractivity contribution is -0.219. The Morgan fingerprint density at radius 2 is 1.76 bits per heavy atom. The predicted octanol–water partition coefficient (Wildman–Crippen LogP) is 0.555. The maximum Gasteiger partial charge on any atom is 0.235 e. The van der Waals surface area contributed by atoms with E-state index in [2.05, 4.69) is 0 Å². The summed E-state index contributed by atoms with van der Waals surface area (Å²) in [4.78, 5) is 72.6. The molecule has 3 aliphatic carbocycles. The summed E-state index contributed by atoms with van der Waals surface area (Å²) < 4.78 is 0. The largest absolute Gasteiger partial charge is 0.507 e. The van der Waals surface area contributed by atoms with Gasteiger partial charge < -0.3 is 20.8 Å². The van der Waals surface area contributed by atoms with Crippen LogP contribution in [0, 0.1) is 23.7 Å². The van der Waals surface area contributed by atoms with E-state index in [0.29, 0.717) is 16.8 Å². The summed E-state index contributed by atoms with van der Waals surface area (Å²) in [5.74, 6) is -10.2. The minimum atomic E-state index is -2.67. The molecule has 5 atom stereocenters. The number of hydrogen-bond donors (Lipinski definition) is 3. The van der Waals surface area contributed by atoms with Gasteiger partial charge in [0.25, 0.3) is 0 Å². The highest BCUT2D eigenvalue weighted by atomic mass is 16.7. The molecule has 2 fully saturated rings. The number of Topliss-reactive ketones (excluding diaryl/α,β-unsaturated/α-hetero) is 4. The van der Waals surface area contributed by atoms with Crippen LogP contribution in [-0.2, 0) is 37.0 Å². The molecule has 1 aromatic carbocycles. The molecule has 1 amide bonds. The van der Waals surface area contributed by atoms with Gasteiger partial charge in [0, 0.05) is 44.7 Å². The first-order chi connectivity index (χ1) is 17.5. The van der Waals surface area contributed by atoms with E-state index >= 15 is 0 Å². The Bertz CT molecular complexity index is 1250. The SMILES string of the molecule is CN(Cc1cc(N(C)C)c2c(c1O)C(=O)C1C(=O)[C@]3(O)C(=O)C(C(N)=O)C(=O)C[C@@H]3C[C@@H]1C2)OC(C)(C)C. The number of anilines is 1. The molecule has 0 spiro atoms. The highest BCUT2D eigenvalue weighted by molar-refractivity contribution is 6.31. The molecule has 0 radical (unpaired) electrons. The molecule has 4 rings (SSSR count). The molecule has 2 saturated carbocycles. The Morgan fingerprint density at radius 1 is 1.13 bits per heavy atom. The zero-order chi connectivity index (χ0) is 28.5. The second-order valence-corrected chi connectivity index (χ2v) is 11.9. The number of benzene rings is 1. The summed E-state index contributed by atoms with van der Waals surface area (Å²) in [6.45, 7) is 5.77. The average molecular weight is 530 g/mol. The molecule has 38 heavy (non-hydrogen) atoms. The fourth-order valence-corrected chi connectivity index (χ4v) is 6.33. The Labute approximate surface area is 220 Å². The third-order valence-corrected chi connectivity index (χ3v) is 7.76. The van der Waals surface area contributed by atoms with E-state index in [1.54, 1.807) is 27.2 Å². The summed E-state index contributed by atoms with van der Waals surface area (Å²) >= 11 is 0. The van der Waals surface area contributed by atoms with Crippen LogP contribution in [0.3, 0.4) is 0 Å². The standard InChI is InChI=1S/C27H35N3O8/c1-26(2,3)38-30(6)11-13-9-16(29(4)5)15-8-12-7-14-10-17(31)20(25(28)36)24(35)27(14,37)23(34)18(12)22(33)19(15)21(13)32/h9,12,14,18,20,32,37H,7-8,10-11H2,1-6H3,(H2,28,36)/t12-,14+,18?,20?,27+/m1/s1. The van der Waals surface area contributed by atoms with Gasteiger partial charge in [-0.2, -0.15) is 5.06 Å². The predicted molar refractivity (Wildman–Crippen MR) is 135 cm³/mol. The minimum Gasteiger partial charge on any atom is -0.507 e. The smallest absolute Gasteiger partial charge is 0.235 e. The van der Waals surface area contributed by atoms with Gasteiger partial charge in [-0.25, -0.2) is 0 Å². The van der Waals surface area contributed by atoms with E-state index in [4.69, 9.17) is 10.6 Å². The summed E-state index contributed by atoms with van der Waals surface area (Å²) in [6.07, 6.45) is -0.0867. The first kappa shape index (κ1) is 27.9. The third kappa shape index (κ3) is 4.32. The van der Waals surface area contributed by atoms with Gasteiger partial charge in [-0.05, 0) is 51.2 Å². The number of aliphatic hydroxyl groups is 1. The molecule has 0 bridgehead atoms. The maximum absolute atomic E-state index is 13.9. The quantitative estimate of drug-likeness (QED) is 0.362. The molecule has 0 aliphatic heterocycles. The monoisotopic (exact) mass is 529 g/mol. The first-order valence-electron chi connectivity index (χ1n) is 12.6. The Hall–Kier alpha value is -3.15. The Balaban J connectivity index is 1.79. The molecule has 4 N–H and O–H groups in total. The van der Waals surface area contributed by atoms with Gasteiger partial charge in [-0.1, -0.05) is 0 Å². The van der Waals surface area contributed by atoms with Crippen molar-refractivity contribution < 1.29 is 39.0 Å². The summed E-state index contributed by atoms with van der Waals surface area (Å²) in [5, 5.41) is 24.2. The second-order valence-electron chi connectivity index (χ2n) is 11.9. The van der Waals surface area contributed by atoms with Crippen molar-refractivity contribution in [3.8, 4) is 5.75 Å². The van der Waals surface area contributed by atoms with Crippen LogP contribution in [0.15, 0.2) is 6.07 Å². The van der Waals surface area contributed by atoms with Crippen molar-refractivity contribution in [3.05, 3.63) is 22.8 Å². The van der Waals surface area contributed by atoms with Gasteiger partial charge in [-0.15, -0.1) is 0 Å². The minimum absolute atomic E-state index is 0.0298. The number of primary amides is 1. The molecule has 1 aromatic rings. The summed E-state index contributed by atoms with van der Waals surface area (Å²) in [5.41, 5.74) is 3.68. The number of carbonyl (C=O) groups is 5. The number of nitrogens with zero attached hydrogens (tertiary/aromatic N) is 2. The highest BCUT2D eigenvalue weighted by Gasteiger charge is 2.66. The number of carbonyl (C=O) groups excluding carboxylic acids is 5. The number of nitrogens with two attached hydrogens (primary N) is 1. The van der Waals surface area contributed by atoms with E-state index in [1.807, 2.05) is 25.7 Å². The van der Waals surface area contributed by atoms with Crippen molar-refractivity contribution in [1.29, 1.82) is 0 Å².